The molecule has 0 fully saturated rings. The molecule has 92 heavy (non-hydrogen) atoms. The Kier molecular flexibility index (Phi) is 77.8. The van der Waals surface area contributed by atoms with Crippen molar-refractivity contribution in [1.82, 2.24) is 0 Å². The van der Waals surface area contributed by atoms with Crippen molar-refractivity contribution < 1.29 is 24.2 Å². The van der Waals surface area contributed by atoms with Gasteiger partial charge in [0.25, 0.3) is 0 Å². The first-order chi connectivity index (χ1) is 45.6. The molecule has 0 radical (unpaired) electrons. The number of ether oxygens (including phenoxy) is 2. The Morgan fingerprint density at radius 3 is 0.707 bits per heavy atom. The molecule has 0 bridgehead atoms. The molecular weight excluding hydrogens is 1120 g/mol. The molecule has 0 aromatic carbocycles. The summed E-state index contributed by atoms with van der Waals surface area (Å²) in [4.78, 5) is 24.7. The number of hydrogen-bond acceptors (Lipinski definition) is 5. The Morgan fingerprint density at radius 2 is 0.467 bits per heavy atom. The van der Waals surface area contributed by atoms with E-state index in [0.717, 1.165) is 103 Å². The van der Waals surface area contributed by atoms with Crippen LogP contribution in [0.3, 0.4) is 0 Å². The summed E-state index contributed by atoms with van der Waals surface area (Å²) >= 11 is 0. The monoisotopic (exact) mass is 1280 g/mol. The molecule has 0 amide bonds. The summed E-state index contributed by atoms with van der Waals surface area (Å²) in [5, 5.41) is 9.73. The Bertz CT molecular complexity index is 1840. The van der Waals surface area contributed by atoms with Crippen LogP contribution < -0.4 is 0 Å². The molecule has 0 aliphatic carbocycles. The van der Waals surface area contributed by atoms with Gasteiger partial charge in [-0.3, -0.25) is 9.59 Å². The van der Waals surface area contributed by atoms with E-state index in [9.17, 15) is 14.7 Å². The molecule has 0 aliphatic rings. The Labute approximate surface area is 572 Å². The number of carbonyl (C=O) groups is 2. The second-order valence-electron chi connectivity index (χ2n) is 26.4. The summed E-state index contributed by atoms with van der Waals surface area (Å²) in [6, 6.07) is 0. The molecular formula is C87H150O5. The zero-order chi connectivity index (χ0) is 66.1. The van der Waals surface area contributed by atoms with Crippen LogP contribution in [0.1, 0.15) is 386 Å². The van der Waals surface area contributed by atoms with Crippen molar-refractivity contribution in [2.45, 2.75) is 392 Å². The molecule has 0 heterocycles. The third kappa shape index (κ3) is 78.5. The number of aliphatic hydroxyl groups is 1. The zero-order valence-corrected chi connectivity index (χ0v) is 60.8. The predicted molar refractivity (Wildman–Crippen MR) is 408 cm³/mol. The van der Waals surface area contributed by atoms with Crippen molar-refractivity contribution in [2.24, 2.45) is 0 Å². The molecule has 0 aromatic heterocycles. The maximum Gasteiger partial charge on any atom is 0.306 e. The van der Waals surface area contributed by atoms with Crippen LogP contribution in [0.25, 0.3) is 0 Å². The minimum Gasteiger partial charge on any atom is -0.462 e. The lowest BCUT2D eigenvalue weighted by Crippen LogP contribution is -2.28. The van der Waals surface area contributed by atoms with E-state index < -0.39 is 6.10 Å². The van der Waals surface area contributed by atoms with Crippen molar-refractivity contribution in [2.75, 3.05) is 13.2 Å². The quantitative estimate of drug-likeness (QED) is 0.0373. The van der Waals surface area contributed by atoms with Crippen molar-refractivity contribution in [3.05, 3.63) is 134 Å². The number of unbranched alkanes of at least 4 members (excludes halogenated alkanes) is 43. The molecule has 528 valence electrons. The van der Waals surface area contributed by atoms with Crippen molar-refractivity contribution in [1.29, 1.82) is 0 Å². The van der Waals surface area contributed by atoms with Gasteiger partial charge >= 0.3 is 11.9 Å². The molecule has 5 heteroatoms. The summed E-state index contributed by atoms with van der Waals surface area (Å²) in [6.45, 7) is 4.05. The van der Waals surface area contributed by atoms with Crippen LogP contribution in [0.5, 0.6) is 0 Å². The van der Waals surface area contributed by atoms with Crippen molar-refractivity contribution >= 4 is 11.9 Å². The molecule has 0 aliphatic heterocycles. The predicted octanol–water partition coefficient (Wildman–Crippen LogP) is 28.2. The van der Waals surface area contributed by atoms with Gasteiger partial charge in [-0.1, -0.05) is 392 Å². The van der Waals surface area contributed by atoms with Gasteiger partial charge in [-0.2, -0.15) is 0 Å². The third-order valence-corrected chi connectivity index (χ3v) is 17.4. The number of aliphatic hydroxyl groups excluding tert-OH is 1. The topological polar surface area (TPSA) is 72.8 Å². The number of carbonyl (C=O) groups excluding carboxylic acids is 2. The van der Waals surface area contributed by atoms with Crippen molar-refractivity contribution in [3.8, 4) is 0 Å². The third-order valence-electron chi connectivity index (χ3n) is 17.4. The lowest BCUT2D eigenvalue weighted by atomic mass is 10.0. The lowest BCUT2D eigenvalue weighted by molar-refractivity contribution is -0.161. The molecule has 0 saturated heterocycles. The number of allylic oxidation sites excluding steroid dienone is 22. The zero-order valence-electron chi connectivity index (χ0n) is 60.8. The first kappa shape index (κ1) is 88.0. The van der Waals surface area contributed by atoms with Crippen LogP contribution in [0, 0.1) is 0 Å². The fourth-order valence-electron chi connectivity index (χ4n) is 11.5. The highest BCUT2D eigenvalue weighted by Gasteiger charge is 2.16. The highest BCUT2D eigenvalue weighted by atomic mass is 16.6. The highest BCUT2D eigenvalue weighted by molar-refractivity contribution is 5.70. The average molecular weight is 1280 g/mol. The number of esters is 2. The van der Waals surface area contributed by atoms with Crippen LogP contribution in [0.2, 0.25) is 0 Å². The fraction of sp³-hybridized carbons (Fsp3) is 0.724. The Morgan fingerprint density at radius 1 is 0.261 bits per heavy atom. The van der Waals surface area contributed by atoms with E-state index >= 15 is 0 Å². The van der Waals surface area contributed by atoms with Gasteiger partial charge in [0.05, 0.1) is 6.61 Å². The van der Waals surface area contributed by atoms with E-state index in [4.69, 9.17) is 9.47 Å². The van der Waals surface area contributed by atoms with Crippen molar-refractivity contribution in [3.63, 3.8) is 0 Å². The molecule has 0 rings (SSSR count). The summed E-state index contributed by atoms with van der Waals surface area (Å²) in [5.74, 6) is -0.583. The maximum absolute atomic E-state index is 12.4. The molecule has 1 atom stereocenters. The molecule has 0 aromatic rings. The Hall–Kier alpha value is -3.96. The largest absolute Gasteiger partial charge is 0.462 e. The van der Waals surface area contributed by atoms with E-state index in [-0.39, 0.29) is 25.2 Å². The first-order valence-corrected chi connectivity index (χ1v) is 39.7. The second kappa shape index (κ2) is 81.3. The van der Waals surface area contributed by atoms with Gasteiger partial charge in [0, 0.05) is 12.8 Å². The highest BCUT2D eigenvalue weighted by Crippen LogP contribution is 2.19. The molecule has 5 nitrogen and oxygen atoms in total. The minimum atomic E-state index is -0.782. The summed E-state index contributed by atoms with van der Waals surface area (Å²) in [5.41, 5.74) is 0. The maximum atomic E-state index is 12.4. The normalized spacial score (nSPS) is 12.9. The lowest BCUT2D eigenvalue weighted by Gasteiger charge is -2.15. The van der Waals surface area contributed by atoms with Gasteiger partial charge in [-0.15, -0.1) is 0 Å². The van der Waals surface area contributed by atoms with Crippen LogP contribution in [-0.4, -0.2) is 36.4 Å². The Balaban J connectivity index is 3.46. The van der Waals surface area contributed by atoms with Gasteiger partial charge in [-0.05, 0) is 116 Å². The minimum absolute atomic E-state index is 0.0686. The summed E-state index contributed by atoms with van der Waals surface area (Å²) in [7, 11) is 0. The van der Waals surface area contributed by atoms with E-state index in [2.05, 4.69) is 148 Å². The standard InChI is InChI=1S/C87H150O5/c1-3-5-7-9-11-13-15-17-19-21-23-25-27-29-31-33-35-37-39-41-43-45-47-49-51-53-55-57-59-61-63-65-67-69-71-73-75-77-79-81-86(89)91-84-85(83-88)92-87(90)82-80-78-76-74-72-70-68-66-64-62-60-58-56-54-52-50-48-46-44-42-40-38-36-34-32-30-28-26-24-22-20-18-16-14-12-10-8-6-4-2/h6,8,12,14-15,17-18,20-21,23-24,26,30,32,36,38,42,44,48,50,54,56,85,88H,3-5,7,9-11,13,16,19,22,25,27-29,31,33-35,37,39-41,43,45-47,49,51-53,55,57-84H2,1-2H3/b8-6-,14-12-,17-15-,20-18-,23-21-,26-24-,32-30-,38-36-,44-42-,50-48-,56-54-. The molecule has 1 unspecified atom stereocenters. The SMILES string of the molecule is CC/C=C\C/C=C\C/C=C\C/C=C\C/C=C\C/C=C\C/C=C\C/C=C\C/C=C\CCCCCCCCCCCCCC(=O)OC(CO)COC(=O)CCCCCCCCCCCCCCCCCCCCCCCCCCCCC/C=C\C/C=C\CCCCCCC. The fourth-order valence-corrected chi connectivity index (χ4v) is 11.5. The van der Waals surface area contributed by atoms with Gasteiger partial charge in [0.15, 0.2) is 6.10 Å². The summed E-state index contributed by atoms with van der Waals surface area (Å²) in [6.07, 6.45) is 121. The molecule has 0 saturated carbocycles. The van der Waals surface area contributed by atoms with E-state index in [0.29, 0.717) is 12.8 Å². The second-order valence-corrected chi connectivity index (χ2v) is 26.4. The van der Waals surface area contributed by atoms with Gasteiger partial charge in [0.2, 0.25) is 0 Å². The number of rotatable bonds is 73. The van der Waals surface area contributed by atoms with Crippen LogP contribution in [0.15, 0.2) is 134 Å². The van der Waals surface area contributed by atoms with E-state index in [1.165, 1.54) is 257 Å². The molecule has 0 spiro atoms. The molecule has 1 N–H and O–H groups in total. The van der Waals surface area contributed by atoms with Crippen LogP contribution in [-0.2, 0) is 19.1 Å². The summed E-state index contributed by atoms with van der Waals surface area (Å²) < 4.78 is 10.8. The van der Waals surface area contributed by atoms with E-state index in [1.54, 1.807) is 0 Å². The van der Waals surface area contributed by atoms with Gasteiger partial charge in [0.1, 0.15) is 6.61 Å². The van der Waals surface area contributed by atoms with Crippen LogP contribution in [0.4, 0.5) is 0 Å². The first-order valence-electron chi connectivity index (χ1n) is 39.7. The number of hydrogen-bond donors (Lipinski definition) is 1. The van der Waals surface area contributed by atoms with Gasteiger partial charge in [-0.25, -0.2) is 0 Å². The smallest absolute Gasteiger partial charge is 0.306 e. The average Bonchev–Trinajstić information content (AvgIpc) is 3.75. The van der Waals surface area contributed by atoms with E-state index in [1.807, 2.05) is 0 Å². The van der Waals surface area contributed by atoms with Crippen LogP contribution >= 0.6 is 0 Å². The van der Waals surface area contributed by atoms with Gasteiger partial charge < -0.3 is 14.6 Å².